The summed E-state index contributed by atoms with van der Waals surface area (Å²) in [6.45, 7) is 3.28. The topological polar surface area (TPSA) is 69.4 Å². The number of nitrogens with zero attached hydrogens (tertiary/aromatic N) is 3. The van der Waals surface area contributed by atoms with E-state index >= 15 is 0 Å². The van der Waals surface area contributed by atoms with Crippen molar-refractivity contribution in [3.8, 4) is 6.07 Å². The zero-order chi connectivity index (χ0) is 12.3. The fourth-order valence-corrected chi connectivity index (χ4v) is 1.95. The molecule has 1 aromatic heterocycles. The highest BCUT2D eigenvalue weighted by atomic mass is 16.5. The average Bonchev–Trinajstić information content (AvgIpc) is 2.39. The fraction of sp³-hybridized carbons (Fsp3) is 0.500. The first-order chi connectivity index (χ1) is 8.24. The molecule has 1 fully saturated rings. The van der Waals surface area contributed by atoms with Crippen LogP contribution in [0.5, 0.6) is 0 Å². The number of aliphatic hydroxyl groups is 1. The minimum absolute atomic E-state index is 0.0133. The lowest BCUT2D eigenvalue weighted by atomic mass is 10.1. The zero-order valence-corrected chi connectivity index (χ0v) is 9.71. The molecule has 0 aromatic carbocycles. The van der Waals surface area contributed by atoms with E-state index in [1.165, 1.54) is 0 Å². The Balaban J connectivity index is 2.21. The molecule has 1 N–H and O–H groups in total. The summed E-state index contributed by atoms with van der Waals surface area (Å²) in [5.74, 6) is 0. The van der Waals surface area contributed by atoms with E-state index in [0.29, 0.717) is 18.8 Å². The van der Waals surface area contributed by atoms with Crippen LogP contribution in [-0.4, -0.2) is 42.0 Å². The number of morpholine rings is 1. The van der Waals surface area contributed by atoms with E-state index in [9.17, 15) is 0 Å². The molecule has 5 heteroatoms. The van der Waals surface area contributed by atoms with Gasteiger partial charge in [0.15, 0.2) is 0 Å². The van der Waals surface area contributed by atoms with Crippen molar-refractivity contribution in [3.63, 3.8) is 0 Å². The molecule has 5 nitrogen and oxygen atoms in total. The van der Waals surface area contributed by atoms with E-state index in [1.807, 2.05) is 12.1 Å². The lowest BCUT2D eigenvalue weighted by Gasteiger charge is -2.39. The minimum Gasteiger partial charge on any atom is -0.394 e. The molecule has 0 amide bonds. The summed E-state index contributed by atoms with van der Waals surface area (Å²) in [6, 6.07) is 5.89. The van der Waals surface area contributed by atoms with Crippen LogP contribution in [0.4, 0.5) is 5.69 Å². The second-order valence-electron chi connectivity index (χ2n) is 4.15. The van der Waals surface area contributed by atoms with Crippen molar-refractivity contribution < 1.29 is 9.84 Å². The van der Waals surface area contributed by atoms with Gasteiger partial charge in [0, 0.05) is 24.5 Å². The third kappa shape index (κ3) is 2.54. The summed E-state index contributed by atoms with van der Waals surface area (Å²) in [5.41, 5.74) is 1.35. The number of hydrogen-bond acceptors (Lipinski definition) is 5. The van der Waals surface area contributed by atoms with Gasteiger partial charge in [-0.05, 0) is 19.1 Å². The average molecular weight is 233 g/mol. The Bertz CT molecular complexity index is 430. The van der Waals surface area contributed by atoms with Gasteiger partial charge in [-0.15, -0.1) is 0 Å². The van der Waals surface area contributed by atoms with Crippen LogP contribution in [0.2, 0.25) is 0 Å². The summed E-state index contributed by atoms with van der Waals surface area (Å²) in [5, 5.41) is 18.0. The Kier molecular flexibility index (Phi) is 3.57. The standard InChI is InChI=1S/C12H15N3O2/c1-9-8-17-12(7-16)6-15(9)11-2-3-14-10(4-11)5-13/h2-4,9,12,16H,6-8H2,1H3. The van der Waals surface area contributed by atoms with E-state index in [0.717, 1.165) is 5.69 Å². The maximum Gasteiger partial charge on any atom is 0.142 e. The molecule has 1 saturated heterocycles. The van der Waals surface area contributed by atoms with Gasteiger partial charge in [0.2, 0.25) is 0 Å². The number of rotatable bonds is 2. The van der Waals surface area contributed by atoms with Gasteiger partial charge in [-0.25, -0.2) is 4.98 Å². The normalized spacial score (nSPS) is 24.4. The molecule has 2 heterocycles. The van der Waals surface area contributed by atoms with E-state index in [-0.39, 0.29) is 18.8 Å². The number of aliphatic hydroxyl groups excluding tert-OH is 1. The quantitative estimate of drug-likeness (QED) is 0.807. The van der Waals surface area contributed by atoms with Crippen LogP contribution in [0.15, 0.2) is 18.3 Å². The Hall–Kier alpha value is -1.64. The maximum atomic E-state index is 9.13. The van der Waals surface area contributed by atoms with Crippen LogP contribution in [0.1, 0.15) is 12.6 Å². The molecule has 2 atom stereocenters. The predicted molar refractivity (Wildman–Crippen MR) is 62.6 cm³/mol. The van der Waals surface area contributed by atoms with Crippen LogP contribution in [0.3, 0.4) is 0 Å². The van der Waals surface area contributed by atoms with Crippen molar-refractivity contribution in [2.24, 2.45) is 0 Å². The molecular weight excluding hydrogens is 218 g/mol. The van der Waals surface area contributed by atoms with Crippen molar-refractivity contribution in [2.45, 2.75) is 19.1 Å². The van der Waals surface area contributed by atoms with Gasteiger partial charge in [-0.3, -0.25) is 0 Å². The number of aromatic nitrogens is 1. The lowest BCUT2D eigenvalue weighted by Crippen LogP contribution is -2.49. The minimum atomic E-state index is -0.162. The highest BCUT2D eigenvalue weighted by molar-refractivity contribution is 5.50. The number of ether oxygens (including phenoxy) is 1. The molecule has 2 unspecified atom stereocenters. The van der Waals surface area contributed by atoms with E-state index in [4.69, 9.17) is 15.1 Å². The molecule has 17 heavy (non-hydrogen) atoms. The molecule has 0 bridgehead atoms. The van der Waals surface area contributed by atoms with Crippen molar-refractivity contribution in [2.75, 3.05) is 24.7 Å². The Morgan fingerprint density at radius 2 is 2.53 bits per heavy atom. The lowest BCUT2D eigenvalue weighted by molar-refractivity contribution is -0.0103. The molecule has 0 spiro atoms. The fourth-order valence-electron chi connectivity index (χ4n) is 1.95. The van der Waals surface area contributed by atoms with Crippen LogP contribution in [0, 0.1) is 11.3 Å². The SMILES string of the molecule is CC1COC(CO)CN1c1ccnc(C#N)c1. The van der Waals surface area contributed by atoms with Gasteiger partial charge < -0.3 is 14.7 Å². The monoisotopic (exact) mass is 233 g/mol. The second kappa shape index (κ2) is 5.13. The van der Waals surface area contributed by atoms with Gasteiger partial charge in [0.05, 0.1) is 19.3 Å². The van der Waals surface area contributed by atoms with Gasteiger partial charge in [-0.1, -0.05) is 0 Å². The van der Waals surface area contributed by atoms with Gasteiger partial charge in [-0.2, -0.15) is 5.26 Å². The maximum absolute atomic E-state index is 9.13. The third-order valence-corrected chi connectivity index (χ3v) is 2.90. The Morgan fingerprint density at radius 1 is 1.71 bits per heavy atom. The van der Waals surface area contributed by atoms with Gasteiger partial charge >= 0.3 is 0 Å². The predicted octanol–water partition coefficient (Wildman–Crippen LogP) is 0.539. The number of nitriles is 1. The number of hydrogen-bond donors (Lipinski definition) is 1. The summed E-state index contributed by atoms with van der Waals surface area (Å²) < 4.78 is 5.48. The molecule has 1 aliphatic rings. The highest BCUT2D eigenvalue weighted by Crippen LogP contribution is 2.21. The molecule has 1 aliphatic heterocycles. The summed E-state index contributed by atoms with van der Waals surface area (Å²) in [7, 11) is 0. The van der Waals surface area contributed by atoms with Gasteiger partial charge in [0.1, 0.15) is 11.8 Å². The molecule has 2 rings (SSSR count). The first-order valence-corrected chi connectivity index (χ1v) is 5.60. The van der Waals surface area contributed by atoms with E-state index in [1.54, 1.807) is 12.3 Å². The smallest absolute Gasteiger partial charge is 0.142 e. The number of pyridine rings is 1. The van der Waals surface area contributed by atoms with E-state index < -0.39 is 0 Å². The van der Waals surface area contributed by atoms with Crippen molar-refractivity contribution in [3.05, 3.63) is 24.0 Å². The van der Waals surface area contributed by atoms with Crippen molar-refractivity contribution in [1.29, 1.82) is 5.26 Å². The summed E-state index contributed by atoms with van der Waals surface area (Å²) >= 11 is 0. The molecule has 90 valence electrons. The summed E-state index contributed by atoms with van der Waals surface area (Å²) in [4.78, 5) is 6.08. The van der Waals surface area contributed by atoms with Crippen molar-refractivity contribution >= 4 is 5.69 Å². The molecule has 1 aromatic rings. The van der Waals surface area contributed by atoms with Gasteiger partial charge in [0.25, 0.3) is 0 Å². The molecular formula is C12H15N3O2. The Morgan fingerprint density at radius 3 is 3.24 bits per heavy atom. The van der Waals surface area contributed by atoms with Crippen LogP contribution >= 0.6 is 0 Å². The third-order valence-electron chi connectivity index (χ3n) is 2.90. The van der Waals surface area contributed by atoms with E-state index in [2.05, 4.69) is 16.8 Å². The Labute approximate surface area is 100 Å². The van der Waals surface area contributed by atoms with Crippen LogP contribution in [0.25, 0.3) is 0 Å². The van der Waals surface area contributed by atoms with Crippen LogP contribution < -0.4 is 4.90 Å². The zero-order valence-electron chi connectivity index (χ0n) is 9.71. The summed E-state index contributed by atoms with van der Waals surface area (Å²) in [6.07, 6.45) is 1.47. The largest absolute Gasteiger partial charge is 0.394 e. The highest BCUT2D eigenvalue weighted by Gasteiger charge is 2.25. The van der Waals surface area contributed by atoms with Crippen molar-refractivity contribution in [1.82, 2.24) is 4.98 Å². The second-order valence-corrected chi connectivity index (χ2v) is 4.15. The first kappa shape index (κ1) is 11.8. The van der Waals surface area contributed by atoms with Crippen LogP contribution in [-0.2, 0) is 4.74 Å². The molecule has 0 saturated carbocycles. The first-order valence-electron chi connectivity index (χ1n) is 5.60. The molecule has 0 radical (unpaired) electrons. The number of anilines is 1. The molecule has 0 aliphatic carbocycles.